The highest BCUT2D eigenvalue weighted by molar-refractivity contribution is 5.90. The number of esters is 1. The first kappa shape index (κ1) is 15.7. The lowest BCUT2D eigenvalue weighted by Gasteiger charge is -2.30. The summed E-state index contributed by atoms with van der Waals surface area (Å²) in [6.07, 6.45) is 0.572. The molecule has 3 aromatic rings. The first-order chi connectivity index (χ1) is 12.1. The third-order valence-corrected chi connectivity index (χ3v) is 4.92. The molecule has 3 N–H and O–H groups in total. The highest BCUT2D eigenvalue weighted by atomic mass is 16.5. The van der Waals surface area contributed by atoms with Crippen LogP contribution in [0.5, 0.6) is 5.75 Å². The number of benzene rings is 2. The van der Waals surface area contributed by atoms with Crippen LogP contribution in [0, 0.1) is 6.92 Å². The molecule has 1 aliphatic rings. The van der Waals surface area contributed by atoms with Crippen LogP contribution in [0.1, 0.15) is 28.4 Å². The van der Waals surface area contributed by atoms with Gasteiger partial charge in [-0.05, 0) is 41.8 Å². The van der Waals surface area contributed by atoms with Gasteiger partial charge >= 0.3 is 5.97 Å². The smallest absolute Gasteiger partial charge is 0.323 e. The molecule has 0 radical (unpaired) electrons. The fourth-order valence-corrected chi connectivity index (χ4v) is 3.79. The van der Waals surface area contributed by atoms with Crippen molar-refractivity contribution in [2.75, 3.05) is 7.11 Å². The summed E-state index contributed by atoms with van der Waals surface area (Å²) in [7, 11) is 1.41. The molecule has 25 heavy (non-hydrogen) atoms. The Morgan fingerprint density at radius 1 is 1.24 bits per heavy atom. The third kappa shape index (κ3) is 2.57. The lowest BCUT2D eigenvalue weighted by molar-refractivity contribution is -0.143. The minimum absolute atomic E-state index is 0.202. The summed E-state index contributed by atoms with van der Waals surface area (Å²) in [5.41, 5.74) is 5.31. The summed E-state index contributed by atoms with van der Waals surface area (Å²) in [6, 6.07) is 12.6. The number of H-pyrrole nitrogens is 1. The van der Waals surface area contributed by atoms with Gasteiger partial charge in [-0.3, -0.25) is 10.1 Å². The summed E-state index contributed by atoms with van der Waals surface area (Å²) in [6.45, 7) is 2.08. The molecule has 0 fully saturated rings. The molecule has 1 aromatic heterocycles. The van der Waals surface area contributed by atoms with Crippen LogP contribution < -0.4 is 5.32 Å². The number of hydrogen-bond donors (Lipinski definition) is 3. The van der Waals surface area contributed by atoms with E-state index >= 15 is 0 Å². The van der Waals surface area contributed by atoms with Crippen molar-refractivity contribution in [2.24, 2.45) is 0 Å². The van der Waals surface area contributed by atoms with Gasteiger partial charge in [0.1, 0.15) is 11.8 Å². The molecule has 0 saturated heterocycles. The maximum atomic E-state index is 12.2. The van der Waals surface area contributed by atoms with Crippen molar-refractivity contribution in [3.63, 3.8) is 0 Å². The van der Waals surface area contributed by atoms with E-state index in [1.807, 2.05) is 24.3 Å². The zero-order chi connectivity index (χ0) is 17.6. The standard InChI is InChI=1S/C20H20N2O3/c1-11-5-3-8-15-17(11)14-10-16(20(24)25-2)22-18(19(14)21-15)12-6-4-7-13(23)9-12/h3-9,16,18,21-23H,10H2,1-2H3. The number of carbonyl (C=O) groups excluding carboxylic acids is 1. The Balaban J connectivity index is 1.92. The molecular weight excluding hydrogens is 316 g/mol. The third-order valence-electron chi connectivity index (χ3n) is 4.92. The highest BCUT2D eigenvalue weighted by Crippen LogP contribution is 2.37. The molecule has 2 aromatic carbocycles. The average Bonchev–Trinajstić information content (AvgIpc) is 3.00. The fraction of sp³-hybridized carbons (Fsp3) is 0.250. The topological polar surface area (TPSA) is 74.4 Å². The van der Waals surface area contributed by atoms with Crippen molar-refractivity contribution >= 4 is 16.9 Å². The van der Waals surface area contributed by atoms with E-state index in [1.165, 1.54) is 12.7 Å². The zero-order valence-corrected chi connectivity index (χ0v) is 14.2. The number of aromatic nitrogens is 1. The fourth-order valence-electron chi connectivity index (χ4n) is 3.79. The molecule has 5 heteroatoms. The van der Waals surface area contributed by atoms with Crippen molar-refractivity contribution < 1.29 is 14.6 Å². The second kappa shape index (κ2) is 5.93. The predicted octanol–water partition coefficient (Wildman–Crippen LogP) is 2.96. The van der Waals surface area contributed by atoms with E-state index in [2.05, 4.69) is 23.3 Å². The van der Waals surface area contributed by atoms with E-state index in [0.717, 1.165) is 27.7 Å². The number of aryl methyl sites for hydroxylation is 1. The maximum Gasteiger partial charge on any atom is 0.323 e. The molecule has 0 spiro atoms. The number of ether oxygens (including phenoxy) is 1. The van der Waals surface area contributed by atoms with E-state index in [-0.39, 0.29) is 17.8 Å². The molecule has 0 bridgehead atoms. The second-order valence-electron chi connectivity index (χ2n) is 6.49. The van der Waals surface area contributed by atoms with Gasteiger partial charge in [0.05, 0.1) is 13.2 Å². The van der Waals surface area contributed by atoms with E-state index < -0.39 is 6.04 Å². The minimum Gasteiger partial charge on any atom is -0.508 e. The zero-order valence-electron chi connectivity index (χ0n) is 14.2. The number of rotatable bonds is 2. The van der Waals surface area contributed by atoms with Gasteiger partial charge in [0.25, 0.3) is 0 Å². The van der Waals surface area contributed by atoms with Gasteiger partial charge in [-0.2, -0.15) is 0 Å². The second-order valence-corrected chi connectivity index (χ2v) is 6.49. The van der Waals surface area contributed by atoms with E-state index in [0.29, 0.717) is 6.42 Å². The van der Waals surface area contributed by atoms with Crippen LogP contribution in [0.4, 0.5) is 0 Å². The van der Waals surface area contributed by atoms with Gasteiger partial charge in [-0.15, -0.1) is 0 Å². The minimum atomic E-state index is -0.427. The van der Waals surface area contributed by atoms with Crippen LogP contribution in [0.2, 0.25) is 0 Å². The van der Waals surface area contributed by atoms with Gasteiger partial charge < -0.3 is 14.8 Å². The molecule has 2 heterocycles. The van der Waals surface area contributed by atoms with Crippen LogP contribution in [0.15, 0.2) is 42.5 Å². The molecule has 2 unspecified atom stereocenters. The van der Waals surface area contributed by atoms with E-state index in [1.54, 1.807) is 12.1 Å². The van der Waals surface area contributed by atoms with Gasteiger partial charge in [0.2, 0.25) is 0 Å². The Bertz CT molecular complexity index is 961. The summed E-state index contributed by atoms with van der Waals surface area (Å²) in [4.78, 5) is 15.7. The summed E-state index contributed by atoms with van der Waals surface area (Å²) in [5, 5.41) is 14.4. The molecule has 4 rings (SSSR count). The first-order valence-electron chi connectivity index (χ1n) is 8.31. The summed E-state index contributed by atoms with van der Waals surface area (Å²) >= 11 is 0. The van der Waals surface area contributed by atoms with Crippen LogP contribution in [-0.4, -0.2) is 29.2 Å². The van der Waals surface area contributed by atoms with Gasteiger partial charge in [-0.1, -0.05) is 24.3 Å². The first-order valence-corrected chi connectivity index (χ1v) is 8.31. The number of phenols is 1. The quantitative estimate of drug-likeness (QED) is 0.629. The number of nitrogens with one attached hydrogen (secondary N) is 2. The molecule has 0 aliphatic carbocycles. The highest BCUT2D eigenvalue weighted by Gasteiger charge is 2.34. The van der Waals surface area contributed by atoms with Crippen LogP contribution >= 0.6 is 0 Å². The van der Waals surface area contributed by atoms with Crippen LogP contribution in [-0.2, 0) is 16.0 Å². The lowest BCUT2D eigenvalue weighted by Crippen LogP contribution is -2.45. The largest absolute Gasteiger partial charge is 0.508 e. The Morgan fingerprint density at radius 2 is 2.04 bits per heavy atom. The SMILES string of the molecule is COC(=O)C1Cc2c([nH]c3cccc(C)c23)C(c2cccc(O)c2)N1. The van der Waals surface area contributed by atoms with Crippen LogP contribution in [0.25, 0.3) is 10.9 Å². The predicted molar refractivity (Wildman–Crippen MR) is 95.6 cm³/mol. The number of aromatic hydroxyl groups is 1. The molecule has 1 aliphatic heterocycles. The number of hydrogen-bond acceptors (Lipinski definition) is 4. The monoisotopic (exact) mass is 336 g/mol. The van der Waals surface area contributed by atoms with Gasteiger partial charge in [0.15, 0.2) is 0 Å². The number of methoxy groups -OCH3 is 1. The normalized spacial score (nSPS) is 19.6. The van der Waals surface area contributed by atoms with Gasteiger partial charge in [-0.25, -0.2) is 0 Å². The Morgan fingerprint density at radius 3 is 2.80 bits per heavy atom. The number of aromatic amines is 1. The summed E-state index contributed by atoms with van der Waals surface area (Å²) in [5.74, 6) is -0.0768. The van der Waals surface area contributed by atoms with Crippen molar-refractivity contribution in [3.05, 3.63) is 64.8 Å². The molecular formula is C20H20N2O3. The molecule has 0 saturated carbocycles. The van der Waals surface area contributed by atoms with Crippen molar-refractivity contribution in [3.8, 4) is 5.75 Å². The number of carbonyl (C=O) groups is 1. The molecule has 5 nitrogen and oxygen atoms in total. The average molecular weight is 336 g/mol. The maximum absolute atomic E-state index is 12.2. The molecule has 2 atom stereocenters. The van der Waals surface area contributed by atoms with E-state index in [9.17, 15) is 9.90 Å². The van der Waals surface area contributed by atoms with Crippen molar-refractivity contribution in [2.45, 2.75) is 25.4 Å². The van der Waals surface area contributed by atoms with Crippen LogP contribution in [0.3, 0.4) is 0 Å². The number of fused-ring (bicyclic) bond motifs is 3. The van der Waals surface area contributed by atoms with Crippen molar-refractivity contribution in [1.82, 2.24) is 10.3 Å². The van der Waals surface area contributed by atoms with E-state index in [4.69, 9.17) is 4.74 Å². The Kier molecular flexibility index (Phi) is 3.73. The number of phenolic OH excluding ortho intramolecular Hbond substituents is 1. The lowest BCUT2D eigenvalue weighted by atomic mass is 9.89. The summed E-state index contributed by atoms with van der Waals surface area (Å²) < 4.78 is 4.97. The molecule has 0 amide bonds. The molecule has 128 valence electrons. The van der Waals surface area contributed by atoms with Gasteiger partial charge in [0, 0.05) is 23.0 Å². The van der Waals surface area contributed by atoms with Crippen molar-refractivity contribution in [1.29, 1.82) is 0 Å². The Hall–Kier alpha value is -2.79. The Labute approximate surface area is 145 Å².